The molecule has 2 aromatic rings. The Morgan fingerprint density at radius 2 is 2.08 bits per heavy atom. The molecule has 2 aromatic heterocycles. The fourth-order valence-corrected chi connectivity index (χ4v) is 3.18. The number of hydrogen-bond donors (Lipinski definition) is 2. The van der Waals surface area contributed by atoms with Gasteiger partial charge in [0.15, 0.2) is 5.96 Å². The van der Waals surface area contributed by atoms with E-state index in [1.807, 2.05) is 24.4 Å². The average molecular weight is 487 g/mol. The van der Waals surface area contributed by atoms with Crippen LogP contribution in [0.25, 0.3) is 0 Å². The molecule has 0 bridgehead atoms. The van der Waals surface area contributed by atoms with Crippen LogP contribution >= 0.6 is 35.6 Å². The molecule has 1 aliphatic heterocycles. The van der Waals surface area contributed by atoms with Crippen molar-refractivity contribution in [3.05, 3.63) is 52.9 Å². The van der Waals surface area contributed by atoms with Gasteiger partial charge < -0.3 is 15.5 Å². The number of hydrogen-bond acceptors (Lipinski definition) is 4. The number of halogens is 2. The Bertz CT molecular complexity index is 754. The van der Waals surface area contributed by atoms with Crippen LogP contribution in [0.4, 0.5) is 5.82 Å². The Hall–Kier alpha value is -1.61. The number of nitrogens with zero attached hydrogens (tertiary/aromatic N) is 4. The summed E-state index contributed by atoms with van der Waals surface area (Å²) < 4.78 is 0. The molecule has 1 saturated heterocycles. The van der Waals surface area contributed by atoms with Gasteiger partial charge in [-0.05, 0) is 37.1 Å². The molecule has 0 radical (unpaired) electrons. The van der Waals surface area contributed by atoms with E-state index in [0.717, 1.165) is 37.0 Å². The van der Waals surface area contributed by atoms with Crippen molar-refractivity contribution in [2.45, 2.75) is 25.9 Å². The van der Waals surface area contributed by atoms with E-state index in [2.05, 4.69) is 43.5 Å². The summed E-state index contributed by atoms with van der Waals surface area (Å²) in [4.78, 5) is 15.3. The van der Waals surface area contributed by atoms with Crippen LogP contribution in [0, 0.1) is 6.92 Å². The predicted octanol–water partition coefficient (Wildman–Crippen LogP) is 3.00. The van der Waals surface area contributed by atoms with Crippen molar-refractivity contribution in [2.75, 3.05) is 25.0 Å². The Kier molecular flexibility index (Phi) is 7.89. The van der Waals surface area contributed by atoms with Gasteiger partial charge in [-0.25, -0.2) is 4.98 Å². The highest BCUT2D eigenvalue weighted by Gasteiger charge is 2.25. The second-order valence-electron chi connectivity index (χ2n) is 6.08. The minimum Gasteiger partial charge on any atom is -0.353 e. The molecule has 3 heterocycles. The second kappa shape index (κ2) is 9.91. The fraction of sp³-hybridized carbons (Fsp3) is 0.389. The van der Waals surface area contributed by atoms with Crippen LogP contribution in [0.1, 0.15) is 17.7 Å². The highest BCUT2D eigenvalue weighted by Crippen LogP contribution is 2.25. The Labute approximate surface area is 176 Å². The van der Waals surface area contributed by atoms with Crippen LogP contribution in [0.15, 0.2) is 41.7 Å². The monoisotopic (exact) mass is 486 g/mol. The first kappa shape index (κ1) is 20.7. The van der Waals surface area contributed by atoms with Crippen molar-refractivity contribution >= 4 is 47.4 Å². The van der Waals surface area contributed by atoms with E-state index in [-0.39, 0.29) is 24.0 Å². The van der Waals surface area contributed by atoms with E-state index in [1.54, 1.807) is 13.2 Å². The predicted molar refractivity (Wildman–Crippen MR) is 118 cm³/mol. The third kappa shape index (κ3) is 5.20. The number of aromatic nitrogens is 2. The molecule has 0 amide bonds. The minimum absolute atomic E-state index is 0. The highest BCUT2D eigenvalue weighted by molar-refractivity contribution is 14.0. The molecule has 6 nitrogen and oxygen atoms in total. The van der Waals surface area contributed by atoms with Gasteiger partial charge in [0.25, 0.3) is 0 Å². The van der Waals surface area contributed by atoms with Crippen molar-refractivity contribution in [1.82, 2.24) is 20.6 Å². The number of rotatable bonds is 4. The molecule has 26 heavy (non-hydrogen) atoms. The van der Waals surface area contributed by atoms with Gasteiger partial charge in [0.05, 0.1) is 17.3 Å². The van der Waals surface area contributed by atoms with Crippen molar-refractivity contribution in [3.8, 4) is 0 Å². The molecule has 1 aliphatic rings. The summed E-state index contributed by atoms with van der Waals surface area (Å²) in [6.07, 6.45) is 4.60. The maximum absolute atomic E-state index is 6.25. The van der Waals surface area contributed by atoms with Gasteiger partial charge >= 0.3 is 0 Å². The lowest BCUT2D eigenvalue weighted by molar-refractivity contribution is 0.646. The van der Waals surface area contributed by atoms with Crippen LogP contribution in [0.2, 0.25) is 5.02 Å². The number of guanidine groups is 1. The van der Waals surface area contributed by atoms with Crippen molar-refractivity contribution in [2.24, 2.45) is 4.99 Å². The first-order valence-electron chi connectivity index (χ1n) is 8.40. The van der Waals surface area contributed by atoms with Gasteiger partial charge in [0.1, 0.15) is 5.82 Å². The summed E-state index contributed by atoms with van der Waals surface area (Å²) in [5, 5.41) is 7.50. The topological polar surface area (TPSA) is 65.4 Å². The first-order chi connectivity index (χ1) is 12.2. The molecule has 1 unspecified atom stereocenters. The lowest BCUT2D eigenvalue weighted by Crippen LogP contribution is -2.44. The molecule has 3 rings (SSSR count). The number of pyridine rings is 2. The normalized spacial score (nSPS) is 17.0. The lowest BCUT2D eigenvalue weighted by Gasteiger charge is -2.20. The molecule has 0 aliphatic carbocycles. The number of aryl methyl sites for hydroxylation is 1. The highest BCUT2D eigenvalue weighted by atomic mass is 127. The molecule has 140 valence electrons. The molecular formula is C18H24ClIN6. The van der Waals surface area contributed by atoms with Crippen molar-refractivity contribution < 1.29 is 0 Å². The Morgan fingerprint density at radius 3 is 2.81 bits per heavy atom. The molecule has 0 spiro atoms. The largest absolute Gasteiger partial charge is 0.353 e. The quantitative estimate of drug-likeness (QED) is 0.395. The Morgan fingerprint density at radius 1 is 1.31 bits per heavy atom. The maximum atomic E-state index is 6.25. The molecule has 1 atom stereocenters. The molecule has 2 N–H and O–H groups in total. The summed E-state index contributed by atoms with van der Waals surface area (Å²) in [6, 6.07) is 8.03. The van der Waals surface area contributed by atoms with Crippen molar-refractivity contribution in [3.63, 3.8) is 0 Å². The van der Waals surface area contributed by atoms with E-state index in [1.165, 1.54) is 5.56 Å². The maximum Gasteiger partial charge on any atom is 0.191 e. The zero-order chi connectivity index (χ0) is 17.6. The minimum atomic E-state index is 0. The van der Waals surface area contributed by atoms with Gasteiger partial charge in [0, 0.05) is 38.6 Å². The van der Waals surface area contributed by atoms with Crippen LogP contribution in [0.5, 0.6) is 0 Å². The molecule has 0 saturated carbocycles. The molecule has 1 fully saturated rings. The van der Waals surface area contributed by atoms with Crippen LogP contribution in [-0.4, -0.2) is 42.1 Å². The van der Waals surface area contributed by atoms with Crippen LogP contribution in [-0.2, 0) is 6.54 Å². The lowest BCUT2D eigenvalue weighted by atomic mass is 10.2. The summed E-state index contributed by atoms with van der Waals surface area (Å²) in [7, 11) is 1.78. The smallest absolute Gasteiger partial charge is 0.191 e. The van der Waals surface area contributed by atoms with E-state index >= 15 is 0 Å². The van der Waals surface area contributed by atoms with E-state index in [9.17, 15) is 0 Å². The standard InChI is InChI=1S/C18H23ClN6.HI/c1-13-5-3-8-21-16(13)11-23-18(20-2)24-14-7-10-25(12-14)17-15(19)6-4-9-22-17;/h3-6,8-9,14H,7,10-12H2,1-2H3,(H2,20,23,24);1H. The van der Waals surface area contributed by atoms with E-state index < -0.39 is 0 Å². The zero-order valence-corrected chi connectivity index (χ0v) is 18.0. The Balaban J connectivity index is 0.00000243. The fourth-order valence-electron chi connectivity index (χ4n) is 2.94. The van der Waals surface area contributed by atoms with Gasteiger partial charge in [-0.15, -0.1) is 24.0 Å². The number of nitrogens with one attached hydrogen (secondary N) is 2. The third-order valence-corrected chi connectivity index (χ3v) is 4.63. The summed E-state index contributed by atoms with van der Waals surface area (Å²) in [5.41, 5.74) is 2.20. The van der Waals surface area contributed by atoms with Gasteiger partial charge in [-0.3, -0.25) is 9.98 Å². The van der Waals surface area contributed by atoms with Gasteiger partial charge in [-0.2, -0.15) is 0 Å². The number of aliphatic imine (C=N–C) groups is 1. The third-order valence-electron chi connectivity index (χ3n) is 4.33. The molecule has 8 heteroatoms. The summed E-state index contributed by atoms with van der Waals surface area (Å²) in [5.74, 6) is 1.63. The van der Waals surface area contributed by atoms with E-state index in [4.69, 9.17) is 11.6 Å². The van der Waals surface area contributed by atoms with Crippen LogP contribution < -0.4 is 15.5 Å². The molecule has 0 aromatic carbocycles. The van der Waals surface area contributed by atoms with Gasteiger partial charge in [0.2, 0.25) is 0 Å². The van der Waals surface area contributed by atoms with Crippen LogP contribution in [0.3, 0.4) is 0 Å². The number of anilines is 1. The van der Waals surface area contributed by atoms with Gasteiger partial charge in [-0.1, -0.05) is 17.7 Å². The zero-order valence-electron chi connectivity index (χ0n) is 14.9. The summed E-state index contributed by atoms with van der Waals surface area (Å²) >= 11 is 6.25. The molecular weight excluding hydrogens is 463 g/mol. The second-order valence-corrected chi connectivity index (χ2v) is 6.48. The summed E-state index contributed by atoms with van der Waals surface area (Å²) in [6.45, 7) is 4.48. The first-order valence-corrected chi connectivity index (χ1v) is 8.78. The average Bonchev–Trinajstić information content (AvgIpc) is 3.08. The SMILES string of the molecule is CN=C(NCc1ncccc1C)NC1CCN(c2ncccc2Cl)C1.I. The van der Waals surface area contributed by atoms with Crippen molar-refractivity contribution in [1.29, 1.82) is 0 Å². The van der Waals surface area contributed by atoms with E-state index in [0.29, 0.717) is 17.6 Å².